The average Bonchev–Trinajstić information content (AvgIpc) is 2.67. The van der Waals surface area contributed by atoms with Gasteiger partial charge in [0.25, 0.3) is 15.9 Å². The van der Waals surface area contributed by atoms with E-state index in [-0.39, 0.29) is 16.4 Å². The Balaban J connectivity index is 1.92. The summed E-state index contributed by atoms with van der Waals surface area (Å²) in [6.07, 6.45) is 3.01. The molecule has 0 unspecified atom stereocenters. The van der Waals surface area contributed by atoms with Crippen LogP contribution in [-0.4, -0.2) is 39.4 Å². The second-order valence-corrected chi connectivity index (χ2v) is 8.93. The zero-order valence-corrected chi connectivity index (χ0v) is 17.3. The lowest BCUT2D eigenvalue weighted by atomic mass is 10.1. The number of methoxy groups -OCH3 is 1. The van der Waals surface area contributed by atoms with Crippen molar-refractivity contribution in [1.82, 2.24) is 4.90 Å². The fraction of sp³-hybridized carbons (Fsp3) is 0.316. The summed E-state index contributed by atoms with van der Waals surface area (Å²) in [6.45, 7) is 1.35. The fourth-order valence-electron chi connectivity index (χ4n) is 3.05. The summed E-state index contributed by atoms with van der Waals surface area (Å²) in [5, 5.41) is 0. The quantitative estimate of drug-likeness (QED) is 0.746. The molecule has 1 fully saturated rings. The minimum absolute atomic E-state index is 0.0173. The fourth-order valence-corrected chi connectivity index (χ4v) is 4.53. The molecule has 0 aliphatic carbocycles. The number of ether oxygens (including phenoxy) is 1. The molecule has 1 amide bonds. The van der Waals surface area contributed by atoms with E-state index in [9.17, 15) is 13.2 Å². The summed E-state index contributed by atoms with van der Waals surface area (Å²) in [4.78, 5) is 14.7. The summed E-state index contributed by atoms with van der Waals surface area (Å²) in [5.41, 5.74) is 0.695. The first-order valence-corrected chi connectivity index (χ1v) is 10.9. The summed E-state index contributed by atoms with van der Waals surface area (Å²) in [5.74, 6) is 0.165. The van der Waals surface area contributed by atoms with E-state index in [1.54, 1.807) is 29.2 Å². The molecule has 0 radical (unpaired) electrons. The number of likely N-dealkylation sites (tertiary alicyclic amines) is 1. The maximum Gasteiger partial charge on any atom is 0.261 e. The molecular formula is C19H21BrN2O4S. The third kappa shape index (κ3) is 4.62. The van der Waals surface area contributed by atoms with Crippen LogP contribution in [0.4, 0.5) is 5.69 Å². The molecule has 0 atom stereocenters. The number of nitrogens with one attached hydrogen (secondary N) is 1. The summed E-state index contributed by atoms with van der Waals surface area (Å²) in [7, 11) is -2.37. The van der Waals surface area contributed by atoms with Crippen LogP contribution in [-0.2, 0) is 10.0 Å². The molecule has 1 saturated heterocycles. The van der Waals surface area contributed by atoms with Gasteiger partial charge in [-0.05, 0) is 55.7 Å². The number of halogens is 1. The van der Waals surface area contributed by atoms with Gasteiger partial charge in [0.2, 0.25) is 0 Å². The van der Waals surface area contributed by atoms with Gasteiger partial charge in [-0.2, -0.15) is 0 Å². The summed E-state index contributed by atoms with van der Waals surface area (Å²) in [6, 6.07) is 11.2. The van der Waals surface area contributed by atoms with Crippen molar-refractivity contribution in [1.29, 1.82) is 0 Å². The van der Waals surface area contributed by atoms with E-state index in [1.807, 2.05) is 0 Å². The van der Waals surface area contributed by atoms with Gasteiger partial charge in [0.1, 0.15) is 5.75 Å². The van der Waals surface area contributed by atoms with Gasteiger partial charge in [-0.3, -0.25) is 9.52 Å². The normalized spacial score (nSPS) is 14.7. The number of rotatable bonds is 5. The van der Waals surface area contributed by atoms with E-state index < -0.39 is 10.0 Å². The van der Waals surface area contributed by atoms with E-state index in [2.05, 4.69) is 20.7 Å². The van der Waals surface area contributed by atoms with Crippen LogP contribution < -0.4 is 9.46 Å². The number of benzene rings is 2. The SMILES string of the molecule is COc1ccc(S(=O)(=O)Nc2cccc(Br)c2)cc1C(=O)N1CCCCC1. The van der Waals surface area contributed by atoms with Crippen molar-refractivity contribution in [3.05, 3.63) is 52.5 Å². The Bertz CT molecular complexity index is 940. The highest BCUT2D eigenvalue weighted by Crippen LogP contribution is 2.27. The van der Waals surface area contributed by atoms with Gasteiger partial charge in [0.05, 0.1) is 17.6 Å². The topological polar surface area (TPSA) is 75.7 Å². The van der Waals surface area contributed by atoms with Crippen LogP contribution >= 0.6 is 15.9 Å². The van der Waals surface area contributed by atoms with Gasteiger partial charge in [-0.25, -0.2) is 8.42 Å². The predicted octanol–water partition coefficient (Wildman–Crippen LogP) is 3.88. The Morgan fingerprint density at radius 1 is 1.11 bits per heavy atom. The Kier molecular flexibility index (Phi) is 6.06. The van der Waals surface area contributed by atoms with E-state index in [1.165, 1.54) is 25.3 Å². The Morgan fingerprint density at radius 2 is 1.85 bits per heavy atom. The zero-order chi connectivity index (χ0) is 19.4. The van der Waals surface area contributed by atoms with Crippen molar-refractivity contribution >= 4 is 37.5 Å². The first kappa shape index (κ1) is 19.7. The number of hydrogen-bond acceptors (Lipinski definition) is 4. The van der Waals surface area contributed by atoms with Gasteiger partial charge < -0.3 is 9.64 Å². The molecule has 6 nitrogen and oxygen atoms in total. The largest absolute Gasteiger partial charge is 0.496 e. The number of anilines is 1. The first-order chi connectivity index (χ1) is 12.9. The van der Waals surface area contributed by atoms with E-state index in [0.29, 0.717) is 24.5 Å². The molecule has 1 aliphatic heterocycles. The molecule has 3 rings (SSSR count). The van der Waals surface area contributed by atoms with Crippen molar-refractivity contribution in [2.75, 3.05) is 24.9 Å². The lowest BCUT2D eigenvalue weighted by Crippen LogP contribution is -2.35. The number of carbonyl (C=O) groups is 1. The lowest BCUT2D eigenvalue weighted by Gasteiger charge is -2.27. The molecule has 1 N–H and O–H groups in total. The van der Waals surface area contributed by atoms with Crippen molar-refractivity contribution in [2.45, 2.75) is 24.2 Å². The van der Waals surface area contributed by atoms with Gasteiger partial charge in [-0.1, -0.05) is 22.0 Å². The van der Waals surface area contributed by atoms with Crippen LogP contribution in [0.25, 0.3) is 0 Å². The van der Waals surface area contributed by atoms with Crippen LogP contribution in [0.3, 0.4) is 0 Å². The minimum atomic E-state index is -3.84. The molecule has 8 heteroatoms. The van der Waals surface area contributed by atoms with Crippen molar-refractivity contribution in [3.8, 4) is 5.75 Å². The molecule has 0 aromatic heterocycles. The van der Waals surface area contributed by atoms with Crippen molar-refractivity contribution < 1.29 is 17.9 Å². The molecule has 1 aliphatic rings. The molecule has 0 spiro atoms. The molecule has 1 heterocycles. The highest BCUT2D eigenvalue weighted by Gasteiger charge is 2.24. The summed E-state index contributed by atoms with van der Waals surface area (Å²) < 4.78 is 34.1. The molecule has 0 bridgehead atoms. The van der Waals surface area contributed by atoms with Crippen LogP contribution in [0.2, 0.25) is 0 Å². The Morgan fingerprint density at radius 3 is 2.52 bits per heavy atom. The van der Waals surface area contributed by atoms with Crippen LogP contribution in [0.15, 0.2) is 51.8 Å². The molecular weight excluding hydrogens is 432 g/mol. The molecule has 27 heavy (non-hydrogen) atoms. The predicted molar refractivity (Wildman–Crippen MR) is 108 cm³/mol. The highest BCUT2D eigenvalue weighted by atomic mass is 79.9. The lowest BCUT2D eigenvalue weighted by molar-refractivity contribution is 0.0720. The molecule has 0 saturated carbocycles. The Labute approximate surface area is 167 Å². The number of amides is 1. The van der Waals surface area contributed by atoms with Gasteiger partial charge in [0.15, 0.2) is 0 Å². The van der Waals surface area contributed by atoms with Crippen LogP contribution in [0, 0.1) is 0 Å². The first-order valence-electron chi connectivity index (χ1n) is 8.66. The van der Waals surface area contributed by atoms with Crippen LogP contribution in [0.5, 0.6) is 5.75 Å². The second kappa shape index (κ2) is 8.31. The minimum Gasteiger partial charge on any atom is -0.496 e. The third-order valence-corrected chi connectivity index (χ3v) is 6.30. The number of piperidine rings is 1. The van der Waals surface area contributed by atoms with Gasteiger partial charge in [-0.15, -0.1) is 0 Å². The van der Waals surface area contributed by atoms with Crippen molar-refractivity contribution in [2.24, 2.45) is 0 Å². The van der Waals surface area contributed by atoms with Gasteiger partial charge in [0, 0.05) is 23.2 Å². The molecule has 2 aromatic rings. The van der Waals surface area contributed by atoms with E-state index in [4.69, 9.17) is 4.74 Å². The number of carbonyl (C=O) groups excluding carboxylic acids is 1. The zero-order valence-electron chi connectivity index (χ0n) is 14.9. The standard InChI is InChI=1S/C19H21BrN2O4S/c1-26-18-9-8-16(13-17(18)19(23)22-10-3-2-4-11-22)27(24,25)21-15-7-5-6-14(20)12-15/h5-9,12-13,21H,2-4,10-11H2,1H3. The molecule has 144 valence electrons. The maximum atomic E-state index is 12.9. The third-order valence-electron chi connectivity index (χ3n) is 4.43. The van der Waals surface area contributed by atoms with Crippen LogP contribution in [0.1, 0.15) is 29.6 Å². The monoisotopic (exact) mass is 452 g/mol. The second-order valence-electron chi connectivity index (χ2n) is 6.33. The Hall–Kier alpha value is -2.06. The average molecular weight is 453 g/mol. The highest BCUT2D eigenvalue weighted by molar-refractivity contribution is 9.10. The van der Waals surface area contributed by atoms with Gasteiger partial charge >= 0.3 is 0 Å². The summed E-state index contributed by atoms with van der Waals surface area (Å²) >= 11 is 3.32. The number of sulfonamides is 1. The van der Waals surface area contributed by atoms with E-state index >= 15 is 0 Å². The number of hydrogen-bond donors (Lipinski definition) is 1. The molecule has 2 aromatic carbocycles. The maximum absolute atomic E-state index is 12.9. The van der Waals surface area contributed by atoms with Crippen molar-refractivity contribution in [3.63, 3.8) is 0 Å². The number of nitrogens with zero attached hydrogens (tertiary/aromatic N) is 1. The van der Waals surface area contributed by atoms with E-state index in [0.717, 1.165) is 23.7 Å². The smallest absolute Gasteiger partial charge is 0.261 e.